The van der Waals surface area contributed by atoms with E-state index in [1.54, 1.807) is 6.92 Å². The first-order chi connectivity index (χ1) is 11.1. The van der Waals surface area contributed by atoms with Gasteiger partial charge in [-0.05, 0) is 45.2 Å². The van der Waals surface area contributed by atoms with Crippen LogP contribution in [0.5, 0.6) is 0 Å². The Morgan fingerprint density at radius 2 is 1.61 bits per heavy atom. The van der Waals surface area contributed by atoms with Crippen molar-refractivity contribution in [1.29, 1.82) is 0 Å². The number of hydrogen-bond acceptors (Lipinski definition) is 3. The molecule has 0 N–H and O–H groups in total. The van der Waals surface area contributed by atoms with Gasteiger partial charge in [-0.15, -0.1) is 0 Å². The van der Waals surface area contributed by atoms with Crippen molar-refractivity contribution in [2.45, 2.75) is 51.9 Å². The van der Waals surface area contributed by atoms with Crippen molar-refractivity contribution < 1.29 is 9.59 Å². The Balaban J connectivity index is 1.50. The average Bonchev–Trinajstić information content (AvgIpc) is 2.97. The maximum Gasteiger partial charge on any atom is 0.223 e. The Morgan fingerprint density at radius 3 is 2.30 bits per heavy atom. The van der Waals surface area contributed by atoms with Crippen molar-refractivity contribution in [3.05, 3.63) is 0 Å². The van der Waals surface area contributed by atoms with E-state index in [4.69, 9.17) is 0 Å². The van der Waals surface area contributed by atoms with Gasteiger partial charge in [-0.3, -0.25) is 9.59 Å². The largest absolute Gasteiger partial charge is 0.342 e. The predicted molar refractivity (Wildman–Crippen MR) is 90.0 cm³/mol. The van der Waals surface area contributed by atoms with Crippen LogP contribution >= 0.6 is 0 Å². The third-order valence-electron chi connectivity index (χ3n) is 5.99. The molecule has 0 bridgehead atoms. The second-order valence-corrected chi connectivity index (χ2v) is 7.76. The molecule has 0 radical (unpaired) electrons. The summed E-state index contributed by atoms with van der Waals surface area (Å²) in [6.07, 6.45) is 7.86. The zero-order valence-electron chi connectivity index (χ0n) is 14.6. The molecule has 3 aliphatic heterocycles. The molecule has 0 saturated carbocycles. The molecule has 0 aromatic rings. The molecule has 3 saturated heterocycles. The molecule has 1 spiro atoms. The maximum absolute atomic E-state index is 12.6. The number of likely N-dealkylation sites (tertiary alicyclic amines) is 3. The van der Waals surface area contributed by atoms with Crippen LogP contribution in [0.3, 0.4) is 0 Å². The summed E-state index contributed by atoms with van der Waals surface area (Å²) in [7, 11) is 0. The number of carbonyl (C=O) groups excluding carboxylic acids is 2. The first-order valence-corrected chi connectivity index (χ1v) is 9.34. The van der Waals surface area contributed by atoms with Gasteiger partial charge in [-0.25, -0.2) is 0 Å². The molecular formula is C18H31N3O2. The third kappa shape index (κ3) is 4.06. The van der Waals surface area contributed by atoms with Crippen LogP contribution in [0.2, 0.25) is 0 Å². The molecule has 3 fully saturated rings. The lowest BCUT2D eigenvalue weighted by Crippen LogP contribution is -2.48. The smallest absolute Gasteiger partial charge is 0.223 e. The van der Waals surface area contributed by atoms with Gasteiger partial charge in [0.15, 0.2) is 0 Å². The number of rotatable bonds is 3. The predicted octanol–water partition coefficient (Wildman–Crippen LogP) is 1.72. The van der Waals surface area contributed by atoms with E-state index < -0.39 is 0 Å². The number of nitrogens with zero attached hydrogens (tertiary/aromatic N) is 3. The minimum atomic E-state index is 0.171. The van der Waals surface area contributed by atoms with Crippen molar-refractivity contribution in [1.82, 2.24) is 14.7 Å². The Morgan fingerprint density at radius 1 is 0.870 bits per heavy atom. The van der Waals surface area contributed by atoms with Gasteiger partial charge in [0.05, 0.1) is 0 Å². The van der Waals surface area contributed by atoms with E-state index in [9.17, 15) is 9.59 Å². The highest BCUT2D eigenvalue weighted by Crippen LogP contribution is 2.39. The summed E-state index contributed by atoms with van der Waals surface area (Å²) in [6, 6.07) is 0. The van der Waals surface area contributed by atoms with Crippen LogP contribution in [-0.4, -0.2) is 72.3 Å². The molecule has 1 atom stereocenters. The molecule has 0 aliphatic carbocycles. The summed E-state index contributed by atoms with van der Waals surface area (Å²) in [6.45, 7) is 8.36. The fraction of sp³-hybridized carbons (Fsp3) is 0.889. The maximum atomic E-state index is 12.6. The molecule has 3 heterocycles. The lowest BCUT2D eigenvalue weighted by atomic mass is 9.79. The molecule has 5 heteroatoms. The molecule has 3 rings (SSSR count). The van der Waals surface area contributed by atoms with Crippen LogP contribution in [0, 0.1) is 5.41 Å². The number of piperidine rings is 2. The molecule has 2 amide bonds. The second kappa shape index (κ2) is 7.20. The van der Waals surface area contributed by atoms with Crippen molar-refractivity contribution >= 4 is 11.8 Å². The van der Waals surface area contributed by atoms with Gasteiger partial charge in [0, 0.05) is 51.5 Å². The van der Waals surface area contributed by atoms with Crippen LogP contribution in [-0.2, 0) is 9.59 Å². The van der Waals surface area contributed by atoms with Crippen molar-refractivity contribution in [3.8, 4) is 0 Å². The second-order valence-electron chi connectivity index (χ2n) is 7.76. The topological polar surface area (TPSA) is 43.9 Å². The summed E-state index contributed by atoms with van der Waals surface area (Å²) in [4.78, 5) is 30.7. The van der Waals surface area contributed by atoms with Gasteiger partial charge in [-0.2, -0.15) is 0 Å². The standard InChI is InChI=1S/C18H31N3O2/c1-16(22)20-13-8-18(14-20)7-5-11-21(15-18)17(23)6-12-19-9-3-2-4-10-19/h2-15H2,1H3/t18-/m1/s1. The number of carbonyl (C=O) groups is 2. The van der Waals surface area contributed by atoms with Crippen LogP contribution < -0.4 is 0 Å². The number of amides is 2. The zero-order valence-corrected chi connectivity index (χ0v) is 14.6. The van der Waals surface area contributed by atoms with Crippen LogP contribution in [0.15, 0.2) is 0 Å². The van der Waals surface area contributed by atoms with E-state index in [1.807, 2.05) is 4.90 Å². The Hall–Kier alpha value is -1.10. The molecule has 0 aromatic carbocycles. The van der Waals surface area contributed by atoms with Crippen molar-refractivity contribution in [2.24, 2.45) is 5.41 Å². The molecule has 3 aliphatic rings. The molecule has 0 unspecified atom stereocenters. The van der Waals surface area contributed by atoms with E-state index in [2.05, 4.69) is 9.80 Å². The van der Waals surface area contributed by atoms with Gasteiger partial charge in [0.25, 0.3) is 0 Å². The van der Waals surface area contributed by atoms with E-state index in [-0.39, 0.29) is 11.3 Å². The highest BCUT2D eigenvalue weighted by Gasteiger charge is 2.43. The highest BCUT2D eigenvalue weighted by atomic mass is 16.2. The summed E-state index contributed by atoms with van der Waals surface area (Å²) in [5.41, 5.74) is 0.171. The average molecular weight is 321 g/mol. The normalized spacial score (nSPS) is 29.3. The summed E-state index contributed by atoms with van der Waals surface area (Å²) < 4.78 is 0. The molecular weight excluding hydrogens is 290 g/mol. The van der Waals surface area contributed by atoms with Crippen LogP contribution in [0.1, 0.15) is 51.9 Å². The minimum absolute atomic E-state index is 0.171. The highest BCUT2D eigenvalue weighted by molar-refractivity contribution is 5.76. The van der Waals surface area contributed by atoms with E-state index >= 15 is 0 Å². The number of hydrogen-bond donors (Lipinski definition) is 0. The van der Waals surface area contributed by atoms with E-state index in [1.165, 1.54) is 19.3 Å². The lowest BCUT2D eigenvalue weighted by Gasteiger charge is -2.40. The third-order valence-corrected chi connectivity index (χ3v) is 5.99. The van der Waals surface area contributed by atoms with Crippen LogP contribution in [0.25, 0.3) is 0 Å². The van der Waals surface area contributed by atoms with Gasteiger partial charge in [-0.1, -0.05) is 6.42 Å². The molecule has 0 aromatic heterocycles. The molecule has 23 heavy (non-hydrogen) atoms. The van der Waals surface area contributed by atoms with E-state index in [0.717, 1.165) is 65.1 Å². The van der Waals surface area contributed by atoms with Gasteiger partial charge in [0.2, 0.25) is 11.8 Å². The van der Waals surface area contributed by atoms with Gasteiger partial charge >= 0.3 is 0 Å². The first kappa shape index (κ1) is 16.7. The quantitative estimate of drug-likeness (QED) is 0.795. The lowest BCUT2D eigenvalue weighted by molar-refractivity contribution is -0.135. The zero-order chi connectivity index (χ0) is 16.3. The van der Waals surface area contributed by atoms with Crippen molar-refractivity contribution in [2.75, 3.05) is 45.8 Å². The Labute approximate surface area is 140 Å². The van der Waals surface area contributed by atoms with Crippen LogP contribution in [0.4, 0.5) is 0 Å². The Bertz CT molecular complexity index is 448. The van der Waals surface area contributed by atoms with Gasteiger partial charge < -0.3 is 14.7 Å². The first-order valence-electron chi connectivity index (χ1n) is 9.34. The summed E-state index contributed by atoms with van der Waals surface area (Å²) >= 11 is 0. The summed E-state index contributed by atoms with van der Waals surface area (Å²) in [5.74, 6) is 0.492. The fourth-order valence-electron chi connectivity index (χ4n) is 4.55. The fourth-order valence-corrected chi connectivity index (χ4v) is 4.55. The summed E-state index contributed by atoms with van der Waals surface area (Å²) in [5, 5.41) is 0. The molecule has 5 nitrogen and oxygen atoms in total. The SMILES string of the molecule is CC(=O)N1CC[C@]2(CCCN(C(=O)CCN3CCCCC3)C2)C1. The minimum Gasteiger partial charge on any atom is -0.342 e. The monoisotopic (exact) mass is 321 g/mol. The van der Waals surface area contributed by atoms with E-state index in [0.29, 0.717) is 12.3 Å². The van der Waals surface area contributed by atoms with Crippen molar-refractivity contribution in [3.63, 3.8) is 0 Å². The Kier molecular flexibility index (Phi) is 5.24. The van der Waals surface area contributed by atoms with Gasteiger partial charge in [0.1, 0.15) is 0 Å². The molecule has 130 valence electrons.